The van der Waals surface area contributed by atoms with Gasteiger partial charge in [-0.15, -0.1) is 0 Å². The molecule has 1 aliphatic heterocycles. The number of hydrogen-bond acceptors (Lipinski definition) is 4. The molecule has 1 aliphatic rings. The zero-order valence-electron chi connectivity index (χ0n) is 9.54. The summed E-state index contributed by atoms with van der Waals surface area (Å²) < 4.78 is 10.1. The van der Waals surface area contributed by atoms with Crippen LogP contribution in [-0.4, -0.2) is 24.6 Å². The summed E-state index contributed by atoms with van der Waals surface area (Å²) in [6.07, 6.45) is 1.38. The molecule has 0 aromatic rings. The number of hydrogen-bond donors (Lipinski definition) is 0. The monoisotopic (exact) mass is 214 g/mol. The van der Waals surface area contributed by atoms with Gasteiger partial charge in [-0.2, -0.15) is 0 Å². The van der Waals surface area contributed by atoms with E-state index in [9.17, 15) is 9.59 Å². The standard InChI is InChI=1S/C11H18O4/c1-4-11(2,3)10(13)15-8-5-6-9(12)14-7-8/h8H,4-7H2,1-3H3. The topological polar surface area (TPSA) is 52.6 Å². The Balaban J connectivity index is 2.42. The normalized spacial score (nSPS) is 22.1. The molecule has 15 heavy (non-hydrogen) atoms. The van der Waals surface area contributed by atoms with E-state index in [2.05, 4.69) is 0 Å². The van der Waals surface area contributed by atoms with Gasteiger partial charge >= 0.3 is 11.9 Å². The summed E-state index contributed by atoms with van der Waals surface area (Å²) in [6.45, 7) is 5.85. The second-order valence-electron chi connectivity index (χ2n) is 4.49. The summed E-state index contributed by atoms with van der Waals surface area (Å²) >= 11 is 0. The third-order valence-electron chi connectivity index (χ3n) is 2.81. The minimum atomic E-state index is -0.457. The van der Waals surface area contributed by atoms with Crippen LogP contribution >= 0.6 is 0 Å². The van der Waals surface area contributed by atoms with Crippen LogP contribution in [0.2, 0.25) is 0 Å². The van der Waals surface area contributed by atoms with Crippen LogP contribution in [0, 0.1) is 5.41 Å². The summed E-state index contributed by atoms with van der Waals surface area (Å²) in [5.41, 5.74) is -0.457. The van der Waals surface area contributed by atoms with Crippen molar-refractivity contribution in [2.75, 3.05) is 6.61 Å². The van der Waals surface area contributed by atoms with E-state index in [1.165, 1.54) is 0 Å². The molecule has 1 unspecified atom stereocenters. The predicted molar refractivity (Wildman–Crippen MR) is 54.1 cm³/mol. The molecule has 4 nitrogen and oxygen atoms in total. The van der Waals surface area contributed by atoms with E-state index in [-0.39, 0.29) is 24.6 Å². The van der Waals surface area contributed by atoms with Crippen molar-refractivity contribution in [3.8, 4) is 0 Å². The average Bonchev–Trinajstić information content (AvgIpc) is 2.21. The average molecular weight is 214 g/mol. The lowest BCUT2D eigenvalue weighted by molar-refractivity contribution is -0.172. The molecule has 0 saturated carbocycles. The highest BCUT2D eigenvalue weighted by Gasteiger charge is 2.31. The maximum absolute atomic E-state index is 11.7. The molecule has 0 bridgehead atoms. The van der Waals surface area contributed by atoms with E-state index >= 15 is 0 Å². The number of cyclic esters (lactones) is 1. The van der Waals surface area contributed by atoms with E-state index in [1.54, 1.807) is 0 Å². The lowest BCUT2D eigenvalue weighted by Crippen LogP contribution is -2.35. The van der Waals surface area contributed by atoms with Gasteiger partial charge in [-0.25, -0.2) is 0 Å². The number of esters is 2. The number of carbonyl (C=O) groups is 2. The molecule has 0 aromatic carbocycles. The first-order chi connectivity index (χ1) is 6.95. The van der Waals surface area contributed by atoms with Crippen LogP contribution in [0.15, 0.2) is 0 Å². The fourth-order valence-electron chi connectivity index (χ4n) is 1.17. The largest absolute Gasteiger partial charge is 0.462 e. The van der Waals surface area contributed by atoms with Gasteiger partial charge in [0.25, 0.3) is 0 Å². The van der Waals surface area contributed by atoms with Gasteiger partial charge in [-0.05, 0) is 26.7 Å². The minimum absolute atomic E-state index is 0.199. The first-order valence-corrected chi connectivity index (χ1v) is 5.32. The smallest absolute Gasteiger partial charge is 0.311 e. The fraction of sp³-hybridized carbons (Fsp3) is 0.818. The van der Waals surface area contributed by atoms with Crippen molar-refractivity contribution in [3.63, 3.8) is 0 Å². The van der Waals surface area contributed by atoms with Gasteiger partial charge in [0.15, 0.2) is 0 Å². The molecule has 0 aromatic heterocycles. The Morgan fingerprint density at radius 3 is 2.73 bits per heavy atom. The highest BCUT2D eigenvalue weighted by Crippen LogP contribution is 2.23. The molecular weight excluding hydrogens is 196 g/mol. The molecule has 0 radical (unpaired) electrons. The second-order valence-corrected chi connectivity index (χ2v) is 4.49. The quantitative estimate of drug-likeness (QED) is 0.670. The lowest BCUT2D eigenvalue weighted by Gasteiger charge is -2.27. The molecule has 1 atom stereocenters. The highest BCUT2D eigenvalue weighted by atomic mass is 16.6. The summed E-state index contributed by atoms with van der Waals surface area (Å²) in [4.78, 5) is 22.5. The van der Waals surface area contributed by atoms with E-state index < -0.39 is 5.41 Å². The minimum Gasteiger partial charge on any atom is -0.462 e. The van der Waals surface area contributed by atoms with Crippen molar-refractivity contribution < 1.29 is 19.1 Å². The molecule has 1 saturated heterocycles. The Morgan fingerprint density at radius 1 is 1.60 bits per heavy atom. The van der Waals surface area contributed by atoms with Crippen LogP contribution in [0.4, 0.5) is 0 Å². The molecular formula is C11H18O4. The van der Waals surface area contributed by atoms with E-state index in [0.717, 1.165) is 6.42 Å². The van der Waals surface area contributed by atoms with Gasteiger partial charge in [-0.1, -0.05) is 6.92 Å². The maximum Gasteiger partial charge on any atom is 0.311 e. The predicted octanol–water partition coefficient (Wildman–Crippen LogP) is 1.67. The third kappa shape index (κ3) is 3.22. The maximum atomic E-state index is 11.7. The molecule has 0 N–H and O–H groups in total. The van der Waals surface area contributed by atoms with E-state index in [4.69, 9.17) is 9.47 Å². The van der Waals surface area contributed by atoms with E-state index in [0.29, 0.717) is 12.8 Å². The Kier molecular flexibility index (Phi) is 3.72. The van der Waals surface area contributed by atoms with E-state index in [1.807, 2.05) is 20.8 Å². The van der Waals surface area contributed by atoms with Crippen LogP contribution in [0.1, 0.15) is 40.0 Å². The van der Waals surface area contributed by atoms with Gasteiger partial charge in [0, 0.05) is 6.42 Å². The fourth-order valence-corrected chi connectivity index (χ4v) is 1.17. The Morgan fingerprint density at radius 2 is 2.27 bits per heavy atom. The molecule has 4 heteroatoms. The summed E-state index contributed by atoms with van der Waals surface area (Å²) in [6, 6.07) is 0. The van der Waals surface area contributed by atoms with Crippen LogP contribution in [-0.2, 0) is 19.1 Å². The lowest BCUT2D eigenvalue weighted by atomic mass is 9.90. The number of rotatable bonds is 3. The third-order valence-corrected chi connectivity index (χ3v) is 2.81. The van der Waals surface area contributed by atoms with Crippen molar-refractivity contribution in [2.24, 2.45) is 5.41 Å². The summed E-state index contributed by atoms with van der Waals surface area (Å²) in [7, 11) is 0. The van der Waals surface area contributed by atoms with Crippen molar-refractivity contribution in [1.29, 1.82) is 0 Å². The summed E-state index contributed by atoms with van der Waals surface area (Å²) in [5, 5.41) is 0. The molecule has 0 amide bonds. The number of ether oxygens (including phenoxy) is 2. The SMILES string of the molecule is CCC(C)(C)C(=O)OC1CCC(=O)OC1. The molecule has 1 heterocycles. The molecule has 1 rings (SSSR count). The molecule has 0 spiro atoms. The van der Waals surface area contributed by atoms with Gasteiger partial charge in [0.1, 0.15) is 12.7 Å². The van der Waals surface area contributed by atoms with Gasteiger partial charge in [0.2, 0.25) is 0 Å². The molecule has 0 aliphatic carbocycles. The first kappa shape index (κ1) is 12.0. The second kappa shape index (κ2) is 4.64. The van der Waals surface area contributed by atoms with Crippen molar-refractivity contribution >= 4 is 11.9 Å². The first-order valence-electron chi connectivity index (χ1n) is 5.32. The molecule has 86 valence electrons. The number of carbonyl (C=O) groups excluding carboxylic acids is 2. The van der Waals surface area contributed by atoms with Crippen LogP contribution in [0.5, 0.6) is 0 Å². The van der Waals surface area contributed by atoms with Crippen LogP contribution in [0.25, 0.3) is 0 Å². The van der Waals surface area contributed by atoms with Crippen LogP contribution < -0.4 is 0 Å². The van der Waals surface area contributed by atoms with Crippen LogP contribution in [0.3, 0.4) is 0 Å². The van der Waals surface area contributed by atoms with Crippen molar-refractivity contribution in [2.45, 2.75) is 46.1 Å². The zero-order valence-corrected chi connectivity index (χ0v) is 9.54. The van der Waals surface area contributed by atoms with Gasteiger partial charge in [0.05, 0.1) is 5.41 Å². The van der Waals surface area contributed by atoms with Crippen molar-refractivity contribution in [1.82, 2.24) is 0 Å². The zero-order chi connectivity index (χ0) is 11.5. The Labute approximate surface area is 89.9 Å². The van der Waals surface area contributed by atoms with Gasteiger partial charge < -0.3 is 9.47 Å². The van der Waals surface area contributed by atoms with Gasteiger partial charge in [-0.3, -0.25) is 9.59 Å². The van der Waals surface area contributed by atoms with Crippen molar-refractivity contribution in [3.05, 3.63) is 0 Å². The summed E-state index contributed by atoms with van der Waals surface area (Å²) in [5.74, 6) is -0.426. The Hall–Kier alpha value is -1.06. The molecule has 1 fully saturated rings. The Bertz CT molecular complexity index is 247. The highest BCUT2D eigenvalue weighted by molar-refractivity contribution is 5.76.